The summed E-state index contributed by atoms with van der Waals surface area (Å²) < 4.78 is 11.6. The molecule has 9 nitrogen and oxygen atoms in total. The molecule has 1 spiro atoms. The third kappa shape index (κ3) is 4.56. The summed E-state index contributed by atoms with van der Waals surface area (Å²) in [6.45, 7) is 11.9. The lowest BCUT2D eigenvalue weighted by Crippen LogP contribution is -2.51. The van der Waals surface area contributed by atoms with Crippen LogP contribution in [0.2, 0.25) is 0 Å². The van der Waals surface area contributed by atoms with Gasteiger partial charge in [0.1, 0.15) is 0 Å². The molecule has 4 fully saturated rings. The zero-order chi connectivity index (χ0) is 22.0. The quantitative estimate of drug-likeness (QED) is 0.686. The highest BCUT2D eigenvalue weighted by molar-refractivity contribution is 5.80. The van der Waals surface area contributed by atoms with Gasteiger partial charge in [0, 0.05) is 65.2 Å². The van der Waals surface area contributed by atoms with Gasteiger partial charge >= 0.3 is 0 Å². The average Bonchev–Trinajstić information content (AvgIpc) is 3.32. The van der Waals surface area contributed by atoms with E-state index >= 15 is 0 Å². The summed E-state index contributed by atoms with van der Waals surface area (Å²) in [5, 5.41) is 9.06. The normalized spacial score (nSPS) is 26.7. The van der Waals surface area contributed by atoms with E-state index in [1.807, 2.05) is 4.90 Å². The second kappa shape index (κ2) is 9.49. The molecule has 1 atom stereocenters. The number of hydrogen-bond acceptors (Lipinski definition) is 8. The van der Waals surface area contributed by atoms with Crippen LogP contribution in [0.15, 0.2) is 12.1 Å². The van der Waals surface area contributed by atoms with Crippen molar-refractivity contribution in [3.8, 4) is 0 Å². The number of piperazine rings is 1. The minimum atomic E-state index is -0.435. The molecular weight excluding hydrogens is 408 g/mol. The van der Waals surface area contributed by atoms with Crippen LogP contribution in [0, 0.1) is 5.92 Å². The Bertz CT molecular complexity index is 766. The first-order valence-corrected chi connectivity index (χ1v) is 12.3. The highest BCUT2D eigenvalue weighted by atomic mass is 16.7. The zero-order valence-electron chi connectivity index (χ0n) is 19.2. The van der Waals surface area contributed by atoms with E-state index in [4.69, 9.17) is 9.47 Å². The molecule has 0 radical (unpaired) electrons. The van der Waals surface area contributed by atoms with E-state index in [1.165, 1.54) is 0 Å². The number of likely N-dealkylation sites (tertiary alicyclic amines) is 1. The molecule has 0 bridgehead atoms. The molecule has 0 saturated carbocycles. The van der Waals surface area contributed by atoms with Gasteiger partial charge in [-0.25, -0.2) is 0 Å². The zero-order valence-corrected chi connectivity index (χ0v) is 19.2. The summed E-state index contributed by atoms with van der Waals surface area (Å²) in [6.07, 6.45) is 3.49. The Balaban J connectivity index is 1.16. The molecule has 4 saturated heterocycles. The second-order valence-electron chi connectivity index (χ2n) is 9.39. The van der Waals surface area contributed by atoms with Crippen LogP contribution >= 0.6 is 0 Å². The van der Waals surface area contributed by atoms with E-state index in [9.17, 15) is 4.79 Å². The van der Waals surface area contributed by atoms with E-state index in [0.29, 0.717) is 13.2 Å². The molecule has 0 aliphatic carbocycles. The highest BCUT2D eigenvalue weighted by Gasteiger charge is 2.42. The maximum atomic E-state index is 13.2. The van der Waals surface area contributed by atoms with Crippen LogP contribution in [0.5, 0.6) is 0 Å². The summed E-state index contributed by atoms with van der Waals surface area (Å²) >= 11 is 0. The van der Waals surface area contributed by atoms with E-state index in [0.717, 1.165) is 96.2 Å². The van der Waals surface area contributed by atoms with Crippen molar-refractivity contribution in [3.63, 3.8) is 0 Å². The summed E-state index contributed by atoms with van der Waals surface area (Å²) in [5.74, 6) is 1.68. The van der Waals surface area contributed by atoms with Gasteiger partial charge in [-0.1, -0.05) is 6.92 Å². The molecular formula is C23H36N6O3. The molecule has 4 aliphatic rings. The number of piperidine rings is 2. The van der Waals surface area contributed by atoms with E-state index in [-0.39, 0.29) is 11.8 Å². The largest absolute Gasteiger partial charge is 0.354 e. The molecule has 5 heterocycles. The number of carbonyl (C=O) groups is 1. The molecule has 0 N–H and O–H groups in total. The Morgan fingerprint density at radius 1 is 0.969 bits per heavy atom. The van der Waals surface area contributed by atoms with Crippen molar-refractivity contribution in [1.29, 1.82) is 0 Å². The van der Waals surface area contributed by atoms with Gasteiger partial charge in [0.2, 0.25) is 5.91 Å². The Hall–Kier alpha value is -1.97. The second-order valence-corrected chi connectivity index (χ2v) is 9.39. The van der Waals surface area contributed by atoms with Crippen LogP contribution < -0.4 is 9.80 Å². The van der Waals surface area contributed by atoms with Crippen molar-refractivity contribution in [2.75, 3.05) is 81.9 Å². The van der Waals surface area contributed by atoms with Gasteiger partial charge in [-0.2, -0.15) is 0 Å². The van der Waals surface area contributed by atoms with Crippen molar-refractivity contribution >= 4 is 17.5 Å². The van der Waals surface area contributed by atoms with Gasteiger partial charge in [0.25, 0.3) is 0 Å². The number of ether oxygens (including phenoxy) is 2. The van der Waals surface area contributed by atoms with Gasteiger partial charge in [-0.15, -0.1) is 10.2 Å². The average molecular weight is 445 g/mol. The third-order valence-corrected chi connectivity index (χ3v) is 7.52. The van der Waals surface area contributed by atoms with Gasteiger partial charge < -0.3 is 29.1 Å². The molecule has 4 aliphatic heterocycles. The lowest BCUT2D eigenvalue weighted by Gasteiger charge is -2.40. The van der Waals surface area contributed by atoms with Crippen molar-refractivity contribution in [3.05, 3.63) is 12.1 Å². The number of hydrogen-bond donors (Lipinski definition) is 0. The lowest BCUT2D eigenvalue weighted by atomic mass is 9.94. The first kappa shape index (κ1) is 21.9. The topological polar surface area (TPSA) is 74.3 Å². The molecule has 176 valence electrons. The number of nitrogens with zero attached hydrogens (tertiary/aromatic N) is 6. The number of rotatable bonds is 4. The van der Waals surface area contributed by atoms with Gasteiger partial charge in [-0.05, 0) is 31.5 Å². The van der Waals surface area contributed by atoms with E-state index in [1.54, 1.807) is 0 Å². The summed E-state index contributed by atoms with van der Waals surface area (Å²) in [6, 6.07) is 4.15. The fraction of sp³-hybridized carbons (Fsp3) is 0.783. The van der Waals surface area contributed by atoms with Crippen LogP contribution in [0.25, 0.3) is 0 Å². The van der Waals surface area contributed by atoms with Crippen molar-refractivity contribution < 1.29 is 14.3 Å². The first-order chi connectivity index (χ1) is 15.7. The minimum absolute atomic E-state index is 0.0202. The fourth-order valence-corrected chi connectivity index (χ4v) is 5.45. The van der Waals surface area contributed by atoms with Crippen LogP contribution in [-0.4, -0.2) is 104 Å². The Morgan fingerprint density at radius 3 is 2.25 bits per heavy atom. The highest BCUT2D eigenvalue weighted by Crippen LogP contribution is 2.32. The number of aromatic nitrogens is 2. The summed E-state index contributed by atoms with van der Waals surface area (Å²) in [4.78, 5) is 22.2. The maximum absolute atomic E-state index is 13.2. The van der Waals surface area contributed by atoms with E-state index < -0.39 is 5.79 Å². The third-order valence-electron chi connectivity index (χ3n) is 7.52. The SMILES string of the molecule is CCN1CCN(c2ccc(N3CCCC(C(=O)N4CCC5(CC4)OCCO5)C3)nn2)CC1. The van der Waals surface area contributed by atoms with Gasteiger partial charge in [-0.3, -0.25) is 4.79 Å². The minimum Gasteiger partial charge on any atom is -0.354 e. The maximum Gasteiger partial charge on any atom is 0.227 e. The van der Waals surface area contributed by atoms with Crippen molar-refractivity contribution in [2.24, 2.45) is 5.92 Å². The van der Waals surface area contributed by atoms with Crippen LogP contribution in [0.4, 0.5) is 11.6 Å². The predicted octanol–water partition coefficient (Wildman–Crippen LogP) is 1.20. The molecule has 32 heavy (non-hydrogen) atoms. The fourth-order valence-electron chi connectivity index (χ4n) is 5.45. The molecule has 5 rings (SSSR count). The Kier molecular flexibility index (Phi) is 6.48. The smallest absolute Gasteiger partial charge is 0.227 e. The molecule has 9 heteroatoms. The van der Waals surface area contributed by atoms with Gasteiger partial charge in [0.15, 0.2) is 17.4 Å². The van der Waals surface area contributed by atoms with E-state index in [2.05, 4.69) is 44.0 Å². The van der Waals surface area contributed by atoms with Crippen LogP contribution in [0.1, 0.15) is 32.6 Å². The standard InChI is InChI=1S/C23H36N6O3/c1-2-26-12-14-27(15-13-26)20-5-6-21(25-24-20)29-9-3-4-19(18-29)22(30)28-10-7-23(8-11-28)31-16-17-32-23/h5-6,19H,2-4,7-18H2,1H3. The van der Waals surface area contributed by atoms with Crippen LogP contribution in [-0.2, 0) is 14.3 Å². The number of amides is 1. The molecule has 1 amide bonds. The van der Waals surface area contributed by atoms with Gasteiger partial charge in [0.05, 0.1) is 19.1 Å². The van der Waals surface area contributed by atoms with Crippen LogP contribution in [0.3, 0.4) is 0 Å². The summed E-state index contributed by atoms with van der Waals surface area (Å²) in [7, 11) is 0. The summed E-state index contributed by atoms with van der Waals surface area (Å²) in [5.41, 5.74) is 0. The predicted molar refractivity (Wildman–Crippen MR) is 122 cm³/mol. The number of anilines is 2. The Morgan fingerprint density at radius 2 is 1.62 bits per heavy atom. The number of carbonyl (C=O) groups excluding carboxylic acids is 1. The molecule has 1 unspecified atom stereocenters. The Labute approximate surface area is 190 Å². The molecule has 1 aromatic heterocycles. The lowest BCUT2D eigenvalue weighted by molar-refractivity contribution is -0.188. The number of likely N-dealkylation sites (N-methyl/N-ethyl adjacent to an activating group) is 1. The molecule has 0 aromatic carbocycles. The molecule has 1 aromatic rings. The monoisotopic (exact) mass is 444 g/mol. The first-order valence-electron chi connectivity index (χ1n) is 12.3. The van der Waals surface area contributed by atoms with Crippen molar-refractivity contribution in [1.82, 2.24) is 20.0 Å². The van der Waals surface area contributed by atoms with Crippen molar-refractivity contribution in [2.45, 2.75) is 38.4 Å².